The standard InChI is InChI=1S/C20H29N3O4/c1-14(2)6-5-7-15(3)8-9-27-13-16-10-17(26-4)19(22-12-16)20(25)23-18(24)11-21/h6,8,10,12H,5,7,9,11,13,21H2,1-4H3,(H,23,24,25)/b15-8+. The molecule has 0 aliphatic carbocycles. The lowest BCUT2D eigenvalue weighted by molar-refractivity contribution is -0.118. The lowest BCUT2D eigenvalue weighted by Gasteiger charge is -2.09. The van der Waals surface area contributed by atoms with Gasteiger partial charge in [0, 0.05) is 6.20 Å². The van der Waals surface area contributed by atoms with E-state index in [2.05, 4.69) is 43.2 Å². The molecular formula is C20H29N3O4. The molecule has 0 spiro atoms. The summed E-state index contributed by atoms with van der Waals surface area (Å²) in [5.74, 6) is -0.959. The molecule has 7 nitrogen and oxygen atoms in total. The van der Waals surface area contributed by atoms with E-state index in [9.17, 15) is 9.59 Å². The average Bonchev–Trinajstić information content (AvgIpc) is 2.64. The Balaban J connectivity index is 2.58. The Morgan fingerprint density at radius 3 is 2.63 bits per heavy atom. The summed E-state index contributed by atoms with van der Waals surface area (Å²) >= 11 is 0. The monoisotopic (exact) mass is 375 g/mol. The maximum Gasteiger partial charge on any atom is 0.280 e. The number of imide groups is 1. The van der Waals surface area contributed by atoms with Gasteiger partial charge in [-0.3, -0.25) is 14.9 Å². The topological polar surface area (TPSA) is 104 Å². The molecule has 3 N–H and O–H groups in total. The summed E-state index contributed by atoms with van der Waals surface area (Å²) in [6, 6.07) is 1.67. The van der Waals surface area contributed by atoms with Crippen LogP contribution in [-0.2, 0) is 16.1 Å². The Kier molecular flexibility index (Phi) is 10.00. The number of allylic oxidation sites excluding steroid dienone is 3. The molecule has 2 amide bonds. The number of carbonyl (C=O) groups excluding carboxylic acids is 2. The van der Waals surface area contributed by atoms with Crippen LogP contribution in [0.4, 0.5) is 0 Å². The minimum atomic E-state index is -0.648. The van der Waals surface area contributed by atoms with Gasteiger partial charge in [-0.1, -0.05) is 23.3 Å². The van der Waals surface area contributed by atoms with Crippen LogP contribution in [0.15, 0.2) is 35.6 Å². The molecule has 1 aromatic rings. The van der Waals surface area contributed by atoms with Gasteiger partial charge in [0.1, 0.15) is 0 Å². The van der Waals surface area contributed by atoms with Crippen LogP contribution in [0.1, 0.15) is 49.7 Å². The summed E-state index contributed by atoms with van der Waals surface area (Å²) < 4.78 is 10.8. The molecule has 0 atom stereocenters. The van der Waals surface area contributed by atoms with Crippen molar-refractivity contribution in [2.45, 2.75) is 40.2 Å². The molecule has 0 aliphatic heterocycles. The van der Waals surface area contributed by atoms with Crippen molar-refractivity contribution in [2.24, 2.45) is 5.73 Å². The first-order chi connectivity index (χ1) is 12.9. The van der Waals surface area contributed by atoms with Gasteiger partial charge in [0.25, 0.3) is 5.91 Å². The number of aromatic nitrogens is 1. The van der Waals surface area contributed by atoms with Gasteiger partial charge in [-0.25, -0.2) is 4.98 Å². The van der Waals surface area contributed by atoms with Gasteiger partial charge in [0.05, 0.1) is 26.9 Å². The van der Waals surface area contributed by atoms with Gasteiger partial charge >= 0.3 is 0 Å². The molecule has 0 radical (unpaired) electrons. The summed E-state index contributed by atoms with van der Waals surface area (Å²) in [6.45, 7) is 6.83. The third kappa shape index (κ3) is 8.61. The third-order valence-electron chi connectivity index (χ3n) is 3.69. The van der Waals surface area contributed by atoms with Crippen LogP contribution in [0, 0.1) is 0 Å². The zero-order valence-corrected chi connectivity index (χ0v) is 16.5. The number of hydrogen-bond acceptors (Lipinski definition) is 6. The van der Waals surface area contributed by atoms with Gasteiger partial charge in [0.2, 0.25) is 5.91 Å². The number of nitrogens with zero attached hydrogens (tertiary/aromatic N) is 1. The van der Waals surface area contributed by atoms with Crippen LogP contribution in [0.3, 0.4) is 0 Å². The number of amides is 2. The van der Waals surface area contributed by atoms with Crippen LogP contribution < -0.4 is 15.8 Å². The average molecular weight is 375 g/mol. The number of nitrogens with two attached hydrogens (primary N) is 1. The number of methoxy groups -OCH3 is 1. The zero-order valence-electron chi connectivity index (χ0n) is 16.5. The Hall–Kier alpha value is -2.51. The fraction of sp³-hybridized carbons (Fsp3) is 0.450. The third-order valence-corrected chi connectivity index (χ3v) is 3.69. The van der Waals surface area contributed by atoms with E-state index in [1.807, 2.05) is 0 Å². The summed E-state index contributed by atoms with van der Waals surface area (Å²) in [6.07, 6.45) is 7.84. The molecule has 0 saturated heterocycles. The molecule has 7 heteroatoms. The Bertz CT molecular complexity index is 707. The molecule has 0 unspecified atom stereocenters. The van der Waals surface area contributed by atoms with Gasteiger partial charge < -0.3 is 15.2 Å². The van der Waals surface area contributed by atoms with E-state index in [-0.39, 0.29) is 18.0 Å². The van der Waals surface area contributed by atoms with Crippen molar-refractivity contribution in [3.8, 4) is 5.75 Å². The van der Waals surface area contributed by atoms with Crippen molar-refractivity contribution in [3.05, 3.63) is 46.8 Å². The molecule has 27 heavy (non-hydrogen) atoms. The second kappa shape index (κ2) is 12.0. The van der Waals surface area contributed by atoms with E-state index in [0.29, 0.717) is 13.2 Å². The maximum absolute atomic E-state index is 12.0. The Morgan fingerprint density at radius 1 is 1.26 bits per heavy atom. The fourth-order valence-electron chi connectivity index (χ4n) is 2.20. The van der Waals surface area contributed by atoms with Crippen LogP contribution in [-0.4, -0.2) is 37.1 Å². The largest absolute Gasteiger partial charge is 0.494 e. The molecule has 0 saturated carbocycles. The highest BCUT2D eigenvalue weighted by Gasteiger charge is 2.16. The predicted molar refractivity (Wildman–Crippen MR) is 104 cm³/mol. The highest BCUT2D eigenvalue weighted by molar-refractivity contribution is 6.05. The molecule has 0 bridgehead atoms. The number of rotatable bonds is 10. The molecule has 0 aliphatic rings. The number of nitrogens with one attached hydrogen (secondary N) is 1. The van der Waals surface area contributed by atoms with Crippen LogP contribution >= 0.6 is 0 Å². The molecule has 1 rings (SSSR count). The number of carbonyl (C=O) groups is 2. The van der Waals surface area contributed by atoms with Crippen molar-refractivity contribution in [1.82, 2.24) is 10.3 Å². The van der Waals surface area contributed by atoms with Gasteiger partial charge in [-0.2, -0.15) is 0 Å². The summed E-state index contributed by atoms with van der Waals surface area (Å²) in [5, 5.41) is 2.14. The van der Waals surface area contributed by atoms with Crippen molar-refractivity contribution < 1.29 is 19.1 Å². The van der Waals surface area contributed by atoms with E-state index in [1.54, 1.807) is 6.07 Å². The van der Waals surface area contributed by atoms with Gasteiger partial charge in [0.15, 0.2) is 11.4 Å². The normalized spacial score (nSPS) is 11.1. The van der Waals surface area contributed by atoms with Gasteiger partial charge in [-0.05, 0) is 45.2 Å². The SMILES string of the molecule is COc1cc(COC/C=C(\C)CCC=C(C)C)cnc1C(=O)NC(=O)CN. The van der Waals surface area contributed by atoms with Crippen LogP contribution in [0.25, 0.3) is 0 Å². The highest BCUT2D eigenvalue weighted by atomic mass is 16.5. The van der Waals surface area contributed by atoms with E-state index >= 15 is 0 Å². The van der Waals surface area contributed by atoms with Crippen molar-refractivity contribution in [1.29, 1.82) is 0 Å². The molecular weight excluding hydrogens is 346 g/mol. The van der Waals surface area contributed by atoms with Crippen molar-refractivity contribution >= 4 is 11.8 Å². The molecule has 1 aromatic heterocycles. The second-order valence-corrected chi connectivity index (χ2v) is 6.36. The van der Waals surface area contributed by atoms with Gasteiger partial charge in [-0.15, -0.1) is 0 Å². The molecule has 148 valence electrons. The zero-order chi connectivity index (χ0) is 20.2. The van der Waals surface area contributed by atoms with E-state index in [0.717, 1.165) is 18.4 Å². The number of ether oxygens (including phenoxy) is 2. The summed E-state index contributed by atoms with van der Waals surface area (Å²) in [7, 11) is 1.43. The smallest absolute Gasteiger partial charge is 0.280 e. The maximum atomic E-state index is 12.0. The fourth-order valence-corrected chi connectivity index (χ4v) is 2.20. The van der Waals surface area contributed by atoms with Crippen molar-refractivity contribution in [3.63, 3.8) is 0 Å². The Morgan fingerprint density at radius 2 is 2.00 bits per heavy atom. The number of pyridine rings is 1. The lowest BCUT2D eigenvalue weighted by atomic mass is 10.1. The number of hydrogen-bond donors (Lipinski definition) is 2. The summed E-state index contributed by atoms with van der Waals surface area (Å²) in [4.78, 5) is 27.3. The van der Waals surface area contributed by atoms with E-state index in [4.69, 9.17) is 15.2 Å². The molecule has 0 aromatic carbocycles. The second-order valence-electron chi connectivity index (χ2n) is 6.36. The Labute approximate surface area is 160 Å². The minimum absolute atomic E-state index is 0.0260. The highest BCUT2D eigenvalue weighted by Crippen LogP contribution is 2.18. The van der Waals surface area contributed by atoms with E-state index < -0.39 is 11.8 Å². The van der Waals surface area contributed by atoms with Crippen molar-refractivity contribution in [2.75, 3.05) is 20.3 Å². The van der Waals surface area contributed by atoms with Crippen LogP contribution in [0.2, 0.25) is 0 Å². The summed E-state index contributed by atoms with van der Waals surface area (Å²) in [5.41, 5.74) is 8.58. The minimum Gasteiger partial charge on any atom is -0.494 e. The van der Waals surface area contributed by atoms with Crippen LogP contribution in [0.5, 0.6) is 5.75 Å². The lowest BCUT2D eigenvalue weighted by Crippen LogP contribution is -2.36. The first-order valence-corrected chi connectivity index (χ1v) is 8.81. The molecule has 0 fully saturated rings. The quantitative estimate of drug-likeness (QED) is 0.481. The first kappa shape index (κ1) is 22.5. The van der Waals surface area contributed by atoms with E-state index in [1.165, 1.54) is 24.5 Å². The molecule has 1 heterocycles. The first-order valence-electron chi connectivity index (χ1n) is 8.81. The predicted octanol–water partition coefficient (Wildman–Crippen LogP) is 2.51.